The van der Waals surface area contributed by atoms with Crippen molar-refractivity contribution >= 4 is 5.69 Å². The molecule has 0 spiro atoms. The second-order valence-electron chi connectivity index (χ2n) is 4.74. The molecule has 82 valence electrons. The van der Waals surface area contributed by atoms with E-state index in [0.717, 1.165) is 24.3 Å². The summed E-state index contributed by atoms with van der Waals surface area (Å²) < 4.78 is 13.5. The molecule has 15 heavy (non-hydrogen) atoms. The van der Waals surface area contributed by atoms with Crippen molar-refractivity contribution in [3.63, 3.8) is 0 Å². The zero-order valence-corrected chi connectivity index (χ0v) is 9.39. The molecule has 2 atom stereocenters. The van der Waals surface area contributed by atoms with Gasteiger partial charge in [-0.15, -0.1) is 0 Å². The van der Waals surface area contributed by atoms with Gasteiger partial charge in [-0.05, 0) is 49.8 Å². The van der Waals surface area contributed by atoms with Gasteiger partial charge in [-0.3, -0.25) is 0 Å². The number of hydrogen-bond acceptors (Lipinski definition) is 1. The number of nitrogens with one attached hydrogen (secondary N) is 1. The molecule has 1 aromatic rings. The Morgan fingerprint density at radius 1 is 1.33 bits per heavy atom. The molecule has 0 aromatic heterocycles. The smallest absolute Gasteiger partial charge is 0.146 e. The molecule has 1 N–H and O–H groups in total. The minimum Gasteiger partial charge on any atom is -0.380 e. The number of halogens is 1. The van der Waals surface area contributed by atoms with Gasteiger partial charge in [0.1, 0.15) is 5.82 Å². The number of aryl methyl sites for hydroxylation is 1. The van der Waals surface area contributed by atoms with Crippen LogP contribution in [0.15, 0.2) is 18.2 Å². The van der Waals surface area contributed by atoms with Crippen LogP contribution in [0.3, 0.4) is 0 Å². The van der Waals surface area contributed by atoms with E-state index >= 15 is 0 Å². The lowest BCUT2D eigenvalue weighted by atomic mass is 10.1. The van der Waals surface area contributed by atoms with E-state index in [1.807, 2.05) is 13.0 Å². The zero-order chi connectivity index (χ0) is 10.8. The van der Waals surface area contributed by atoms with Gasteiger partial charge in [0.25, 0.3) is 0 Å². The monoisotopic (exact) mass is 207 g/mol. The Bertz CT molecular complexity index is 348. The van der Waals surface area contributed by atoms with Crippen molar-refractivity contribution in [2.24, 2.45) is 5.92 Å². The van der Waals surface area contributed by atoms with Gasteiger partial charge in [0.15, 0.2) is 0 Å². The summed E-state index contributed by atoms with van der Waals surface area (Å²) in [4.78, 5) is 0. The van der Waals surface area contributed by atoms with Gasteiger partial charge in [-0.25, -0.2) is 4.39 Å². The van der Waals surface area contributed by atoms with Crippen LogP contribution in [0.25, 0.3) is 0 Å². The predicted molar refractivity (Wildman–Crippen MR) is 61.6 cm³/mol. The van der Waals surface area contributed by atoms with Crippen LogP contribution in [0, 0.1) is 18.7 Å². The highest BCUT2D eigenvalue weighted by atomic mass is 19.1. The Hall–Kier alpha value is -1.05. The van der Waals surface area contributed by atoms with Crippen molar-refractivity contribution < 1.29 is 4.39 Å². The largest absolute Gasteiger partial charge is 0.380 e. The second-order valence-corrected chi connectivity index (χ2v) is 4.74. The zero-order valence-electron chi connectivity index (χ0n) is 9.39. The van der Waals surface area contributed by atoms with Gasteiger partial charge >= 0.3 is 0 Å². The van der Waals surface area contributed by atoms with E-state index in [9.17, 15) is 4.39 Å². The van der Waals surface area contributed by atoms with Crippen LogP contribution in [0.2, 0.25) is 0 Å². The van der Waals surface area contributed by atoms with E-state index in [1.165, 1.54) is 12.5 Å². The van der Waals surface area contributed by atoms with Crippen LogP contribution in [-0.4, -0.2) is 6.04 Å². The van der Waals surface area contributed by atoms with Gasteiger partial charge in [-0.1, -0.05) is 13.0 Å². The van der Waals surface area contributed by atoms with E-state index in [0.29, 0.717) is 11.7 Å². The van der Waals surface area contributed by atoms with E-state index < -0.39 is 0 Å². The maximum absolute atomic E-state index is 13.5. The van der Waals surface area contributed by atoms with E-state index in [1.54, 1.807) is 6.07 Å². The first-order valence-electron chi connectivity index (χ1n) is 5.68. The molecule has 0 aliphatic heterocycles. The van der Waals surface area contributed by atoms with E-state index in [-0.39, 0.29) is 5.82 Å². The Morgan fingerprint density at radius 3 is 2.80 bits per heavy atom. The quantitative estimate of drug-likeness (QED) is 0.779. The van der Waals surface area contributed by atoms with Gasteiger partial charge < -0.3 is 5.32 Å². The first-order valence-corrected chi connectivity index (χ1v) is 5.68. The third-order valence-corrected chi connectivity index (χ3v) is 3.18. The van der Waals surface area contributed by atoms with Crippen LogP contribution in [0.5, 0.6) is 0 Å². The SMILES string of the molecule is Cc1ccc(F)c(NC2CCC(C)C2)c1. The number of rotatable bonds is 2. The predicted octanol–water partition coefficient (Wildman–Crippen LogP) is 3.73. The Kier molecular flexibility index (Phi) is 2.94. The van der Waals surface area contributed by atoms with E-state index in [2.05, 4.69) is 12.2 Å². The summed E-state index contributed by atoms with van der Waals surface area (Å²) in [6, 6.07) is 5.68. The standard InChI is InChI=1S/C13H18FN/c1-9-3-5-11(7-9)15-13-8-10(2)4-6-12(13)14/h4,6,8-9,11,15H,3,5,7H2,1-2H3. The first-order chi connectivity index (χ1) is 7.15. The lowest BCUT2D eigenvalue weighted by molar-refractivity contribution is 0.597. The molecule has 0 bridgehead atoms. The van der Waals surface area contributed by atoms with Gasteiger partial charge in [0.2, 0.25) is 0 Å². The van der Waals surface area contributed by atoms with Crippen LogP contribution < -0.4 is 5.32 Å². The fraction of sp³-hybridized carbons (Fsp3) is 0.538. The third kappa shape index (κ3) is 2.49. The number of hydrogen-bond donors (Lipinski definition) is 1. The van der Waals surface area contributed by atoms with Gasteiger partial charge in [-0.2, -0.15) is 0 Å². The average molecular weight is 207 g/mol. The minimum absolute atomic E-state index is 0.139. The molecule has 1 aliphatic carbocycles. The normalized spacial score (nSPS) is 25.5. The summed E-state index contributed by atoms with van der Waals surface area (Å²) in [6.07, 6.45) is 3.58. The molecule has 1 saturated carbocycles. The highest BCUT2D eigenvalue weighted by molar-refractivity contribution is 5.47. The molecule has 0 radical (unpaired) electrons. The molecule has 1 nitrogen and oxygen atoms in total. The molecular weight excluding hydrogens is 189 g/mol. The van der Waals surface area contributed by atoms with Crippen molar-refractivity contribution in [3.8, 4) is 0 Å². The topological polar surface area (TPSA) is 12.0 Å². The van der Waals surface area contributed by atoms with Gasteiger partial charge in [0, 0.05) is 6.04 Å². The summed E-state index contributed by atoms with van der Waals surface area (Å²) >= 11 is 0. The molecule has 0 saturated heterocycles. The summed E-state index contributed by atoms with van der Waals surface area (Å²) in [5.41, 5.74) is 1.76. The van der Waals surface area contributed by atoms with Crippen molar-refractivity contribution in [2.45, 2.75) is 39.2 Å². The van der Waals surface area contributed by atoms with Crippen LogP contribution in [-0.2, 0) is 0 Å². The van der Waals surface area contributed by atoms with Crippen LogP contribution in [0.4, 0.5) is 10.1 Å². The molecule has 2 unspecified atom stereocenters. The highest BCUT2D eigenvalue weighted by Gasteiger charge is 2.21. The number of benzene rings is 1. The second kappa shape index (κ2) is 4.21. The fourth-order valence-electron chi connectivity index (χ4n) is 2.31. The summed E-state index contributed by atoms with van der Waals surface area (Å²) in [7, 11) is 0. The lowest BCUT2D eigenvalue weighted by Crippen LogP contribution is -2.16. The molecule has 1 aliphatic rings. The maximum atomic E-state index is 13.5. The molecule has 0 amide bonds. The average Bonchev–Trinajstić information content (AvgIpc) is 2.58. The number of anilines is 1. The van der Waals surface area contributed by atoms with Crippen LogP contribution in [0.1, 0.15) is 31.7 Å². The molecule has 2 rings (SSSR count). The Labute approximate surface area is 90.7 Å². The van der Waals surface area contributed by atoms with Crippen molar-refractivity contribution in [2.75, 3.05) is 5.32 Å². The maximum Gasteiger partial charge on any atom is 0.146 e. The van der Waals surface area contributed by atoms with Crippen LogP contribution >= 0.6 is 0 Å². The summed E-state index contributed by atoms with van der Waals surface area (Å²) in [6.45, 7) is 4.25. The van der Waals surface area contributed by atoms with E-state index in [4.69, 9.17) is 0 Å². The molecule has 1 fully saturated rings. The highest BCUT2D eigenvalue weighted by Crippen LogP contribution is 2.28. The fourth-order valence-corrected chi connectivity index (χ4v) is 2.31. The molecule has 2 heteroatoms. The Balaban J connectivity index is 2.07. The molecule has 0 heterocycles. The third-order valence-electron chi connectivity index (χ3n) is 3.18. The first kappa shape index (κ1) is 10.5. The Morgan fingerprint density at radius 2 is 2.13 bits per heavy atom. The minimum atomic E-state index is -0.139. The molecule has 1 aromatic carbocycles. The van der Waals surface area contributed by atoms with Crippen molar-refractivity contribution in [1.82, 2.24) is 0 Å². The van der Waals surface area contributed by atoms with Gasteiger partial charge in [0.05, 0.1) is 5.69 Å². The summed E-state index contributed by atoms with van der Waals surface area (Å²) in [5.74, 6) is 0.635. The summed E-state index contributed by atoms with van der Waals surface area (Å²) in [5, 5.41) is 3.31. The van der Waals surface area contributed by atoms with Crippen molar-refractivity contribution in [3.05, 3.63) is 29.6 Å². The lowest BCUT2D eigenvalue weighted by Gasteiger charge is -2.15. The molecular formula is C13H18FN. The van der Waals surface area contributed by atoms with Crippen molar-refractivity contribution in [1.29, 1.82) is 0 Å².